The van der Waals surface area contributed by atoms with Crippen LogP contribution in [0.2, 0.25) is 10.0 Å². The Kier molecular flexibility index (Phi) is 4.40. The minimum Gasteiger partial charge on any atom is -0.478 e. The van der Waals surface area contributed by atoms with Crippen LogP contribution in [0.25, 0.3) is 11.0 Å². The zero-order valence-electron chi connectivity index (χ0n) is 12.7. The van der Waals surface area contributed by atoms with Crippen LogP contribution >= 0.6 is 23.2 Å². The van der Waals surface area contributed by atoms with E-state index in [1.165, 1.54) is 43.3 Å². The van der Waals surface area contributed by atoms with Crippen molar-refractivity contribution in [3.63, 3.8) is 0 Å². The summed E-state index contributed by atoms with van der Waals surface area (Å²) in [5, 5.41) is 9.82. The van der Waals surface area contributed by atoms with Gasteiger partial charge in [0.15, 0.2) is 0 Å². The van der Waals surface area contributed by atoms with Crippen LogP contribution in [0.15, 0.2) is 45.7 Å². The maximum absolute atomic E-state index is 12.5. The van der Waals surface area contributed by atoms with Gasteiger partial charge < -0.3 is 9.52 Å². The summed E-state index contributed by atoms with van der Waals surface area (Å²) in [6, 6.07) is 8.44. The van der Waals surface area contributed by atoms with Crippen molar-refractivity contribution in [2.45, 2.75) is 11.8 Å². The Bertz CT molecular complexity index is 1110. The lowest BCUT2D eigenvalue weighted by Gasteiger charge is -2.10. The second kappa shape index (κ2) is 6.25. The minimum atomic E-state index is -4.01. The highest BCUT2D eigenvalue weighted by Gasteiger charge is 2.21. The second-order valence-electron chi connectivity index (χ2n) is 5.23. The Morgan fingerprint density at radius 2 is 1.88 bits per heavy atom. The van der Waals surface area contributed by atoms with Crippen molar-refractivity contribution in [1.82, 2.24) is 0 Å². The first-order valence-corrected chi connectivity index (χ1v) is 9.17. The third kappa shape index (κ3) is 3.30. The molecular formula is C16H11Cl2NO5S. The van der Waals surface area contributed by atoms with Gasteiger partial charge in [-0.1, -0.05) is 23.2 Å². The molecule has 25 heavy (non-hydrogen) atoms. The first-order valence-electron chi connectivity index (χ1n) is 6.93. The number of rotatable bonds is 4. The molecule has 0 aliphatic heterocycles. The van der Waals surface area contributed by atoms with E-state index in [0.717, 1.165) is 0 Å². The molecule has 1 aromatic heterocycles. The molecule has 2 aromatic carbocycles. The van der Waals surface area contributed by atoms with E-state index in [-0.39, 0.29) is 32.0 Å². The summed E-state index contributed by atoms with van der Waals surface area (Å²) >= 11 is 11.8. The number of aromatic carboxylic acids is 1. The minimum absolute atomic E-state index is 0.0168. The fourth-order valence-electron chi connectivity index (χ4n) is 2.44. The molecule has 0 aliphatic rings. The third-order valence-electron chi connectivity index (χ3n) is 3.51. The maximum atomic E-state index is 12.5. The van der Waals surface area contributed by atoms with E-state index < -0.39 is 16.0 Å². The van der Waals surface area contributed by atoms with Crippen molar-refractivity contribution in [2.24, 2.45) is 0 Å². The highest BCUT2D eigenvalue weighted by molar-refractivity contribution is 7.92. The molecule has 1 heterocycles. The molecule has 3 rings (SSSR count). The zero-order chi connectivity index (χ0) is 18.4. The van der Waals surface area contributed by atoms with Crippen LogP contribution in [0.1, 0.15) is 16.1 Å². The van der Waals surface area contributed by atoms with Crippen LogP contribution in [0.5, 0.6) is 0 Å². The van der Waals surface area contributed by atoms with Gasteiger partial charge in [-0.2, -0.15) is 0 Å². The lowest BCUT2D eigenvalue weighted by molar-refractivity contribution is 0.0697. The molecular weight excluding hydrogens is 389 g/mol. The van der Waals surface area contributed by atoms with Crippen LogP contribution in [0, 0.1) is 6.92 Å². The van der Waals surface area contributed by atoms with E-state index in [0.29, 0.717) is 11.0 Å². The topological polar surface area (TPSA) is 96.6 Å². The molecule has 0 saturated heterocycles. The van der Waals surface area contributed by atoms with Gasteiger partial charge in [-0.25, -0.2) is 13.2 Å². The average molecular weight is 400 g/mol. The number of furan rings is 1. The van der Waals surface area contributed by atoms with Crippen LogP contribution in [-0.2, 0) is 10.0 Å². The SMILES string of the molecule is Cc1oc2ccc(NS(=O)(=O)c3cc(Cl)ccc3Cl)cc2c1C(=O)O. The molecule has 0 fully saturated rings. The fourth-order valence-corrected chi connectivity index (χ4v) is 4.26. The van der Waals surface area contributed by atoms with Gasteiger partial charge in [-0.3, -0.25) is 4.72 Å². The zero-order valence-corrected chi connectivity index (χ0v) is 15.0. The van der Waals surface area contributed by atoms with E-state index in [1.54, 1.807) is 0 Å². The Labute approximate surface area is 153 Å². The molecule has 0 unspecified atom stereocenters. The number of carboxylic acid groups (broad SMARTS) is 1. The molecule has 9 heteroatoms. The molecule has 0 amide bonds. The number of benzene rings is 2. The summed E-state index contributed by atoms with van der Waals surface area (Å²) in [6.45, 7) is 1.53. The monoisotopic (exact) mass is 399 g/mol. The van der Waals surface area contributed by atoms with Gasteiger partial charge in [0.1, 0.15) is 21.8 Å². The van der Waals surface area contributed by atoms with E-state index in [4.69, 9.17) is 27.6 Å². The lowest BCUT2D eigenvalue weighted by Crippen LogP contribution is -2.13. The van der Waals surface area contributed by atoms with E-state index >= 15 is 0 Å². The Morgan fingerprint density at radius 3 is 2.56 bits per heavy atom. The normalized spacial score (nSPS) is 11.6. The van der Waals surface area contributed by atoms with E-state index in [2.05, 4.69) is 4.72 Å². The largest absolute Gasteiger partial charge is 0.478 e. The Morgan fingerprint density at radius 1 is 1.16 bits per heavy atom. The number of halogens is 2. The van der Waals surface area contributed by atoms with Gasteiger partial charge in [-0.05, 0) is 43.3 Å². The fraction of sp³-hybridized carbons (Fsp3) is 0.0625. The number of nitrogens with one attached hydrogen (secondary N) is 1. The summed E-state index contributed by atoms with van der Waals surface area (Å²) in [4.78, 5) is 11.2. The highest BCUT2D eigenvalue weighted by atomic mass is 35.5. The molecule has 0 atom stereocenters. The number of hydrogen-bond acceptors (Lipinski definition) is 4. The first kappa shape index (κ1) is 17.6. The second-order valence-corrected chi connectivity index (χ2v) is 7.72. The van der Waals surface area contributed by atoms with E-state index in [1.807, 2.05) is 0 Å². The summed E-state index contributed by atoms with van der Waals surface area (Å²) in [5.74, 6) is -0.922. The molecule has 6 nitrogen and oxygen atoms in total. The number of sulfonamides is 1. The molecule has 130 valence electrons. The maximum Gasteiger partial charge on any atom is 0.339 e. The number of aryl methyl sites for hydroxylation is 1. The standard InChI is InChI=1S/C16H11Cl2NO5S/c1-8-15(16(20)21)11-7-10(3-5-13(11)24-8)19-25(22,23)14-6-9(17)2-4-12(14)18/h2-7,19H,1H3,(H,20,21). The van der Waals surface area contributed by atoms with Gasteiger partial charge >= 0.3 is 5.97 Å². The number of hydrogen-bond donors (Lipinski definition) is 2. The number of fused-ring (bicyclic) bond motifs is 1. The lowest BCUT2D eigenvalue weighted by atomic mass is 10.1. The van der Waals surface area contributed by atoms with Crippen molar-refractivity contribution in [2.75, 3.05) is 4.72 Å². The number of carboxylic acids is 1. The van der Waals surface area contributed by atoms with Crippen molar-refractivity contribution >= 4 is 55.9 Å². The van der Waals surface area contributed by atoms with Crippen LogP contribution < -0.4 is 4.72 Å². The molecule has 0 saturated carbocycles. The predicted molar refractivity (Wildman–Crippen MR) is 95.2 cm³/mol. The molecule has 0 bridgehead atoms. The van der Waals surface area contributed by atoms with E-state index in [9.17, 15) is 18.3 Å². The summed E-state index contributed by atoms with van der Waals surface area (Å²) in [5.41, 5.74) is 0.502. The van der Waals surface area contributed by atoms with Gasteiger partial charge in [-0.15, -0.1) is 0 Å². The van der Waals surface area contributed by atoms with Gasteiger partial charge in [0.2, 0.25) is 0 Å². The van der Waals surface area contributed by atoms with Gasteiger partial charge in [0.25, 0.3) is 10.0 Å². The molecule has 2 N–H and O–H groups in total. The summed E-state index contributed by atoms with van der Waals surface area (Å²) in [6.07, 6.45) is 0. The highest BCUT2D eigenvalue weighted by Crippen LogP contribution is 2.31. The van der Waals surface area contributed by atoms with Crippen LogP contribution in [0.3, 0.4) is 0 Å². The van der Waals surface area contributed by atoms with Crippen LogP contribution in [0.4, 0.5) is 5.69 Å². The number of carbonyl (C=O) groups is 1. The summed E-state index contributed by atoms with van der Waals surface area (Å²) in [7, 11) is -4.01. The third-order valence-corrected chi connectivity index (χ3v) is 5.61. The smallest absolute Gasteiger partial charge is 0.339 e. The molecule has 3 aromatic rings. The molecule has 0 aliphatic carbocycles. The average Bonchev–Trinajstić information content (AvgIpc) is 2.84. The van der Waals surface area contributed by atoms with Gasteiger partial charge in [0.05, 0.1) is 5.02 Å². The first-order chi connectivity index (χ1) is 11.7. The number of anilines is 1. The van der Waals surface area contributed by atoms with Crippen molar-refractivity contribution in [3.05, 3.63) is 57.8 Å². The Hall–Kier alpha value is -2.22. The Balaban J connectivity index is 2.07. The molecule has 0 radical (unpaired) electrons. The molecule has 0 spiro atoms. The predicted octanol–water partition coefficient (Wildman–Crippen LogP) is 4.55. The van der Waals surface area contributed by atoms with Crippen molar-refractivity contribution in [1.29, 1.82) is 0 Å². The summed E-state index contributed by atoms with van der Waals surface area (Å²) < 4.78 is 32.8. The van der Waals surface area contributed by atoms with Crippen LogP contribution in [-0.4, -0.2) is 19.5 Å². The quantitative estimate of drug-likeness (QED) is 0.670. The van der Waals surface area contributed by atoms with Crippen molar-refractivity contribution in [3.8, 4) is 0 Å². The van der Waals surface area contributed by atoms with Crippen molar-refractivity contribution < 1.29 is 22.7 Å². The van der Waals surface area contributed by atoms with Gasteiger partial charge in [0, 0.05) is 16.1 Å².